The number of fused-ring (bicyclic) bond motifs is 1. The van der Waals surface area contributed by atoms with Crippen LogP contribution in [0.2, 0.25) is 0 Å². The lowest BCUT2D eigenvalue weighted by molar-refractivity contribution is -0.138. The fourth-order valence-corrected chi connectivity index (χ4v) is 7.05. The summed E-state index contributed by atoms with van der Waals surface area (Å²) < 4.78 is 0. The van der Waals surface area contributed by atoms with E-state index in [1.807, 2.05) is 13.0 Å². The predicted octanol–water partition coefficient (Wildman–Crippen LogP) is 4.92. The van der Waals surface area contributed by atoms with Gasteiger partial charge in [-0.2, -0.15) is 0 Å². The van der Waals surface area contributed by atoms with E-state index in [2.05, 4.69) is 46.8 Å². The maximum Gasteiger partial charge on any atom is 0.165 e. The number of ketones is 1. The van der Waals surface area contributed by atoms with Crippen molar-refractivity contribution in [2.45, 2.75) is 92.3 Å². The van der Waals surface area contributed by atoms with Crippen LogP contribution in [0, 0.1) is 46.3 Å². The van der Waals surface area contributed by atoms with Gasteiger partial charge in [-0.3, -0.25) is 4.79 Å². The Morgan fingerprint density at radius 3 is 2.41 bits per heavy atom. The summed E-state index contributed by atoms with van der Waals surface area (Å²) >= 11 is 0. The fourth-order valence-electron chi connectivity index (χ4n) is 7.05. The minimum atomic E-state index is -0.690. The van der Waals surface area contributed by atoms with Crippen molar-refractivity contribution in [1.29, 1.82) is 0 Å². The molecule has 182 valence electrons. The Morgan fingerprint density at radius 2 is 1.78 bits per heavy atom. The summed E-state index contributed by atoms with van der Waals surface area (Å²) in [5.74, 6) is 1.91. The molecule has 3 aliphatic rings. The van der Waals surface area contributed by atoms with Crippen LogP contribution in [-0.4, -0.2) is 39.9 Å². The quantitative estimate of drug-likeness (QED) is 0.485. The average molecular weight is 447 g/mol. The second kappa shape index (κ2) is 9.72. The van der Waals surface area contributed by atoms with Crippen molar-refractivity contribution in [3.63, 3.8) is 0 Å². The lowest BCUT2D eigenvalue weighted by Gasteiger charge is -2.49. The van der Waals surface area contributed by atoms with E-state index < -0.39 is 17.6 Å². The van der Waals surface area contributed by atoms with E-state index in [1.165, 1.54) is 0 Å². The first-order valence-electron chi connectivity index (χ1n) is 12.9. The van der Waals surface area contributed by atoms with Crippen molar-refractivity contribution in [1.82, 2.24) is 0 Å². The van der Waals surface area contributed by atoms with Crippen molar-refractivity contribution >= 4 is 5.78 Å². The van der Waals surface area contributed by atoms with E-state index in [1.54, 1.807) is 0 Å². The van der Waals surface area contributed by atoms with Crippen LogP contribution in [0.3, 0.4) is 0 Å². The van der Waals surface area contributed by atoms with Crippen molar-refractivity contribution in [2.75, 3.05) is 6.61 Å². The summed E-state index contributed by atoms with van der Waals surface area (Å²) in [7, 11) is 0. The van der Waals surface area contributed by atoms with Crippen molar-refractivity contribution in [2.24, 2.45) is 46.3 Å². The van der Waals surface area contributed by atoms with E-state index in [0.29, 0.717) is 49.4 Å². The molecule has 0 aromatic carbocycles. The number of carbonyl (C=O) groups is 1. The zero-order valence-electron chi connectivity index (χ0n) is 21.1. The van der Waals surface area contributed by atoms with Gasteiger partial charge in [0.25, 0.3) is 0 Å². The van der Waals surface area contributed by atoms with Crippen LogP contribution in [0.4, 0.5) is 0 Å². The molecule has 0 aromatic rings. The van der Waals surface area contributed by atoms with Gasteiger partial charge in [0.1, 0.15) is 0 Å². The molecular formula is C28H46O4. The molecule has 0 heterocycles. The largest absolute Gasteiger partial charge is 0.396 e. The SMILES string of the molecule is CC(C)[C@H](C)/C=C/[C@@H](C)[C@H]1CC[C@@H](C2=C[C@H](O)[C@H]3C[C@@H](O)CC[C@]3(C)C2=O)[C@]1(C)CCO. The number of carbonyl (C=O) groups excluding carboxylic acids is 1. The van der Waals surface area contributed by atoms with Crippen molar-refractivity contribution < 1.29 is 20.1 Å². The summed E-state index contributed by atoms with van der Waals surface area (Å²) in [6.07, 6.45) is 9.73. The smallest absolute Gasteiger partial charge is 0.165 e. The summed E-state index contributed by atoms with van der Waals surface area (Å²) in [6.45, 7) is 13.4. The highest BCUT2D eigenvalue weighted by Gasteiger charge is 2.56. The molecule has 3 rings (SSSR count). The highest BCUT2D eigenvalue weighted by Crippen LogP contribution is 2.59. The van der Waals surface area contributed by atoms with Crippen LogP contribution in [0.5, 0.6) is 0 Å². The molecule has 0 saturated heterocycles. The molecule has 3 N–H and O–H groups in total. The van der Waals surface area contributed by atoms with Crippen molar-refractivity contribution in [3.8, 4) is 0 Å². The third-order valence-corrected chi connectivity index (χ3v) is 9.72. The predicted molar refractivity (Wildman–Crippen MR) is 129 cm³/mol. The molecule has 0 radical (unpaired) electrons. The van der Waals surface area contributed by atoms with Crippen LogP contribution in [0.1, 0.15) is 80.1 Å². The molecule has 0 aromatic heterocycles. The summed E-state index contributed by atoms with van der Waals surface area (Å²) in [4.78, 5) is 13.8. The summed E-state index contributed by atoms with van der Waals surface area (Å²) in [5, 5.41) is 31.1. The van der Waals surface area contributed by atoms with Gasteiger partial charge in [-0.1, -0.05) is 53.7 Å². The van der Waals surface area contributed by atoms with Crippen LogP contribution < -0.4 is 0 Å². The third-order valence-electron chi connectivity index (χ3n) is 9.72. The zero-order valence-corrected chi connectivity index (χ0v) is 21.1. The van der Waals surface area contributed by atoms with E-state index >= 15 is 0 Å². The van der Waals surface area contributed by atoms with E-state index in [4.69, 9.17) is 0 Å². The lowest BCUT2D eigenvalue weighted by atomic mass is 9.55. The van der Waals surface area contributed by atoms with Gasteiger partial charge in [0.05, 0.1) is 12.2 Å². The third kappa shape index (κ3) is 4.52. The standard InChI is InChI=1S/C28H46O4/c1-17(2)18(3)7-8-19(4)22-9-10-23(27(22,5)13-14-29)21-16-25(31)24-15-20(30)11-12-28(24,6)26(21)32/h7-8,16-20,22-25,29-31H,9-15H2,1-6H3/b8-7+/t18-,19-,20+,22-,23+,24-,25+,27-,28+/m1/s1. The normalized spacial score (nSPS) is 42.2. The average Bonchev–Trinajstić information content (AvgIpc) is 3.07. The lowest BCUT2D eigenvalue weighted by Crippen LogP contribution is -2.52. The molecule has 4 nitrogen and oxygen atoms in total. The van der Waals surface area contributed by atoms with E-state index in [9.17, 15) is 20.1 Å². The minimum absolute atomic E-state index is 0.0600. The molecule has 2 saturated carbocycles. The molecule has 4 heteroatoms. The number of aliphatic hydroxyl groups is 3. The summed E-state index contributed by atoms with van der Waals surface area (Å²) in [6, 6.07) is 0. The number of allylic oxidation sites excluding steroid dienone is 3. The molecule has 0 unspecified atom stereocenters. The topological polar surface area (TPSA) is 77.8 Å². The molecule has 3 aliphatic carbocycles. The van der Waals surface area contributed by atoms with Gasteiger partial charge in [0.2, 0.25) is 0 Å². The Labute approximate surface area is 195 Å². The molecule has 0 aliphatic heterocycles. The van der Waals surface area contributed by atoms with E-state index in [0.717, 1.165) is 18.4 Å². The molecule has 9 atom stereocenters. The number of Topliss-reactive ketones (excluding diaryl/α,β-unsaturated/α-hetero) is 1. The Balaban J connectivity index is 1.90. The highest BCUT2D eigenvalue weighted by atomic mass is 16.3. The van der Waals surface area contributed by atoms with E-state index in [-0.39, 0.29) is 29.6 Å². The Bertz CT molecular complexity index is 740. The first-order valence-corrected chi connectivity index (χ1v) is 12.9. The van der Waals surface area contributed by atoms with Gasteiger partial charge >= 0.3 is 0 Å². The van der Waals surface area contributed by atoms with Gasteiger partial charge in [-0.15, -0.1) is 0 Å². The second-order valence-corrected chi connectivity index (χ2v) is 12.0. The van der Waals surface area contributed by atoms with Gasteiger partial charge in [0, 0.05) is 17.9 Å². The van der Waals surface area contributed by atoms with Gasteiger partial charge in [-0.05, 0) is 85.2 Å². The number of aliphatic hydroxyl groups excluding tert-OH is 3. The van der Waals surface area contributed by atoms with Gasteiger partial charge in [-0.25, -0.2) is 0 Å². The molecular weight excluding hydrogens is 400 g/mol. The molecule has 0 amide bonds. The van der Waals surface area contributed by atoms with Gasteiger partial charge in [0.15, 0.2) is 5.78 Å². The fraction of sp³-hybridized carbons (Fsp3) is 0.821. The van der Waals surface area contributed by atoms with Crippen molar-refractivity contribution in [3.05, 3.63) is 23.8 Å². The van der Waals surface area contributed by atoms with Crippen LogP contribution in [0.15, 0.2) is 23.8 Å². The molecule has 0 bridgehead atoms. The first kappa shape index (κ1) is 25.6. The number of rotatable bonds is 7. The van der Waals surface area contributed by atoms with Crippen LogP contribution >= 0.6 is 0 Å². The highest BCUT2D eigenvalue weighted by molar-refractivity contribution is 6.01. The summed E-state index contributed by atoms with van der Waals surface area (Å²) in [5.41, 5.74) is 0.00921. The maximum absolute atomic E-state index is 13.8. The van der Waals surface area contributed by atoms with Gasteiger partial charge < -0.3 is 15.3 Å². The maximum atomic E-state index is 13.8. The zero-order chi connectivity index (χ0) is 23.8. The number of hydrogen-bond acceptors (Lipinski definition) is 4. The number of hydrogen-bond donors (Lipinski definition) is 3. The minimum Gasteiger partial charge on any atom is -0.396 e. The Hall–Kier alpha value is -0.970. The Morgan fingerprint density at radius 1 is 1.09 bits per heavy atom. The van der Waals surface area contributed by atoms with Crippen LogP contribution in [-0.2, 0) is 4.79 Å². The van der Waals surface area contributed by atoms with Crippen LogP contribution in [0.25, 0.3) is 0 Å². The first-order chi connectivity index (χ1) is 15.0. The molecule has 2 fully saturated rings. The second-order valence-electron chi connectivity index (χ2n) is 12.0. The molecule has 0 spiro atoms. The molecule has 32 heavy (non-hydrogen) atoms. The Kier molecular flexibility index (Phi) is 7.79. The monoisotopic (exact) mass is 446 g/mol.